The first-order valence-corrected chi connectivity index (χ1v) is 14.8. The summed E-state index contributed by atoms with van der Waals surface area (Å²) in [5, 5.41) is 1.87. The number of sulfonamides is 1. The normalized spacial score (nSPS) is 13.5. The molecule has 0 radical (unpaired) electrons. The number of nitrogens with one attached hydrogen (secondary N) is 1. The summed E-state index contributed by atoms with van der Waals surface area (Å²) >= 11 is 24.9. The molecule has 5 rings (SSSR count). The van der Waals surface area contributed by atoms with Gasteiger partial charge in [-0.3, -0.25) is 4.79 Å². The number of nitrogens with zero attached hydrogens (tertiary/aromatic N) is 1. The molecule has 5 nitrogen and oxygen atoms in total. The highest BCUT2D eigenvalue weighted by Gasteiger charge is 2.25. The van der Waals surface area contributed by atoms with Crippen LogP contribution in [0.25, 0.3) is 17.0 Å². The Hall–Kier alpha value is -2.07. The lowest BCUT2D eigenvalue weighted by atomic mass is 10.1. The minimum absolute atomic E-state index is 0.0757. The summed E-state index contributed by atoms with van der Waals surface area (Å²) in [6.45, 7) is 0.425. The van der Waals surface area contributed by atoms with Gasteiger partial charge in [-0.15, -0.1) is 11.3 Å². The molecule has 1 N–H and O–H groups in total. The highest BCUT2D eigenvalue weighted by molar-refractivity contribution is 7.92. The van der Waals surface area contributed by atoms with E-state index in [2.05, 4.69) is 4.57 Å². The van der Waals surface area contributed by atoms with Gasteiger partial charge >= 0.3 is 0 Å². The van der Waals surface area contributed by atoms with Crippen molar-refractivity contribution in [1.82, 2.24) is 9.29 Å². The monoisotopic (exact) mass is 616 g/mol. The summed E-state index contributed by atoms with van der Waals surface area (Å²) in [6.07, 6.45) is 5.04. The number of aromatic nitrogens is 1. The number of rotatable bonds is 6. The van der Waals surface area contributed by atoms with E-state index in [0.29, 0.717) is 22.2 Å². The zero-order valence-electron chi connectivity index (χ0n) is 18.8. The third-order valence-electron chi connectivity index (χ3n) is 6.09. The summed E-state index contributed by atoms with van der Waals surface area (Å²) in [4.78, 5) is 12.5. The molecule has 0 unspecified atom stereocenters. The van der Waals surface area contributed by atoms with Crippen molar-refractivity contribution in [2.45, 2.75) is 30.0 Å². The summed E-state index contributed by atoms with van der Waals surface area (Å²) in [5.74, 6) is -1.36. The Morgan fingerprint density at radius 2 is 1.86 bits per heavy atom. The third-order valence-corrected chi connectivity index (χ3v) is 10.4. The number of aryl methyl sites for hydroxylation is 1. The third kappa shape index (κ3) is 5.28. The van der Waals surface area contributed by atoms with E-state index in [1.807, 2.05) is 10.8 Å². The number of fused-ring (bicyclic) bond motifs is 3. The SMILES string of the molecule is O=C(/C=C/c1cc(F)cc2c3c(n(Cc4ccc(Cl)cc4Cl)c12)CCC3)NS(=O)(=O)c1cc(Cl)c(Cl)s1. The molecule has 0 atom stereocenters. The Kier molecular flexibility index (Phi) is 7.35. The molecule has 0 bridgehead atoms. The summed E-state index contributed by atoms with van der Waals surface area (Å²) in [5.41, 5.74) is 4.16. The van der Waals surface area contributed by atoms with Crippen LogP contribution in [0.5, 0.6) is 0 Å². The van der Waals surface area contributed by atoms with Gasteiger partial charge in [0.15, 0.2) is 0 Å². The van der Waals surface area contributed by atoms with Crippen LogP contribution in [0.15, 0.2) is 46.7 Å². The molecule has 2 aromatic carbocycles. The molecule has 2 heterocycles. The van der Waals surface area contributed by atoms with Crippen LogP contribution in [-0.2, 0) is 34.2 Å². The van der Waals surface area contributed by atoms with Crippen molar-refractivity contribution < 1.29 is 17.6 Å². The van der Waals surface area contributed by atoms with Crippen LogP contribution < -0.4 is 4.72 Å². The van der Waals surface area contributed by atoms with Gasteiger partial charge in [-0.05, 0) is 66.8 Å². The smallest absolute Gasteiger partial charge is 0.273 e. The molecule has 0 fully saturated rings. The number of carbonyl (C=O) groups is 1. The highest BCUT2D eigenvalue weighted by atomic mass is 35.5. The average molecular weight is 618 g/mol. The zero-order chi connectivity index (χ0) is 26.5. The van der Waals surface area contributed by atoms with Gasteiger partial charge in [-0.1, -0.05) is 52.5 Å². The largest absolute Gasteiger partial charge is 0.339 e. The lowest BCUT2D eigenvalue weighted by molar-refractivity contribution is -0.114. The molecule has 1 amide bonds. The first-order chi connectivity index (χ1) is 17.5. The fourth-order valence-electron chi connectivity index (χ4n) is 4.57. The minimum Gasteiger partial charge on any atom is -0.339 e. The Bertz CT molecular complexity index is 1690. The molecule has 1 aliphatic rings. The maximum absolute atomic E-state index is 14.7. The number of hydrogen-bond acceptors (Lipinski definition) is 4. The number of amides is 1. The Morgan fingerprint density at radius 3 is 2.57 bits per heavy atom. The molecule has 0 saturated heterocycles. The van der Waals surface area contributed by atoms with E-state index in [4.69, 9.17) is 46.4 Å². The maximum Gasteiger partial charge on any atom is 0.273 e. The standard InChI is InChI=1S/C25H17Cl4FN2O3S2/c26-15-6-4-14(19(27)9-15)12-32-21-3-1-2-17(21)18-10-16(30)8-13(24(18)32)5-7-22(33)31-37(34,35)23-11-20(28)25(29)36-23/h4-11H,1-3,12H2,(H,31,33)/b7-5+. The maximum atomic E-state index is 14.7. The fourth-order valence-corrected chi connectivity index (χ4v) is 7.86. The molecule has 1 aliphatic carbocycles. The van der Waals surface area contributed by atoms with Gasteiger partial charge in [0, 0.05) is 39.3 Å². The molecule has 12 heteroatoms. The summed E-state index contributed by atoms with van der Waals surface area (Å²) in [7, 11) is -4.18. The summed E-state index contributed by atoms with van der Waals surface area (Å²) in [6, 6.07) is 9.25. The molecule has 37 heavy (non-hydrogen) atoms. The summed E-state index contributed by atoms with van der Waals surface area (Å²) < 4.78 is 43.7. The lowest BCUT2D eigenvalue weighted by Crippen LogP contribution is -2.28. The molecule has 0 spiro atoms. The second kappa shape index (κ2) is 10.2. The van der Waals surface area contributed by atoms with Crippen LogP contribution in [0, 0.1) is 5.82 Å². The molecule has 192 valence electrons. The number of benzene rings is 2. The van der Waals surface area contributed by atoms with Crippen molar-refractivity contribution in [3.05, 3.63) is 90.1 Å². The van der Waals surface area contributed by atoms with Gasteiger partial charge < -0.3 is 4.57 Å². The van der Waals surface area contributed by atoms with Crippen molar-refractivity contribution in [1.29, 1.82) is 0 Å². The van der Waals surface area contributed by atoms with Crippen molar-refractivity contribution in [3.63, 3.8) is 0 Å². The van der Waals surface area contributed by atoms with Crippen molar-refractivity contribution in [2.24, 2.45) is 0 Å². The molecule has 4 aromatic rings. The first-order valence-electron chi connectivity index (χ1n) is 11.0. The molecule has 2 aromatic heterocycles. The molecular weight excluding hydrogens is 601 g/mol. The van der Waals surface area contributed by atoms with Gasteiger partial charge in [-0.25, -0.2) is 17.5 Å². The number of hydrogen-bond donors (Lipinski definition) is 1. The van der Waals surface area contributed by atoms with Gasteiger partial charge in [0.2, 0.25) is 0 Å². The minimum atomic E-state index is -4.18. The van der Waals surface area contributed by atoms with Crippen molar-refractivity contribution in [3.8, 4) is 0 Å². The fraction of sp³-hybridized carbons (Fsp3) is 0.160. The van der Waals surface area contributed by atoms with Gasteiger partial charge in [-0.2, -0.15) is 0 Å². The second-order valence-electron chi connectivity index (χ2n) is 8.48. The van der Waals surface area contributed by atoms with Gasteiger partial charge in [0.1, 0.15) is 14.4 Å². The Balaban J connectivity index is 1.52. The highest BCUT2D eigenvalue weighted by Crippen LogP contribution is 2.37. The predicted molar refractivity (Wildman–Crippen MR) is 148 cm³/mol. The Labute approximate surface area is 236 Å². The van der Waals surface area contributed by atoms with Gasteiger partial charge in [0.05, 0.1) is 10.5 Å². The predicted octanol–water partition coefficient (Wildman–Crippen LogP) is 7.51. The molecule has 0 saturated carbocycles. The number of halogens is 5. The van der Waals surface area contributed by atoms with Crippen molar-refractivity contribution in [2.75, 3.05) is 0 Å². The quantitative estimate of drug-likeness (QED) is 0.228. The topological polar surface area (TPSA) is 68.2 Å². The lowest BCUT2D eigenvalue weighted by Gasteiger charge is -2.13. The van der Waals surface area contributed by atoms with Crippen LogP contribution in [0.2, 0.25) is 19.4 Å². The first kappa shape index (κ1) is 26.5. The average Bonchev–Trinajstić information content (AvgIpc) is 3.50. The number of carbonyl (C=O) groups excluding carboxylic acids is 1. The van der Waals surface area contributed by atoms with E-state index in [1.165, 1.54) is 24.3 Å². The van der Waals surface area contributed by atoms with E-state index in [0.717, 1.165) is 64.4 Å². The van der Waals surface area contributed by atoms with Crippen LogP contribution in [0.3, 0.4) is 0 Å². The van der Waals surface area contributed by atoms with Crippen LogP contribution in [0.4, 0.5) is 4.39 Å². The Morgan fingerprint density at radius 1 is 1.08 bits per heavy atom. The van der Waals surface area contributed by atoms with Crippen LogP contribution in [-0.4, -0.2) is 18.9 Å². The van der Waals surface area contributed by atoms with E-state index in [9.17, 15) is 17.6 Å². The van der Waals surface area contributed by atoms with E-state index < -0.39 is 21.7 Å². The molecular formula is C25H17Cl4FN2O3S2. The van der Waals surface area contributed by atoms with Crippen LogP contribution >= 0.6 is 57.7 Å². The van der Waals surface area contributed by atoms with E-state index in [1.54, 1.807) is 12.1 Å². The van der Waals surface area contributed by atoms with Crippen LogP contribution in [0.1, 0.15) is 28.8 Å². The molecule has 0 aliphatic heterocycles. The van der Waals surface area contributed by atoms with Gasteiger partial charge in [0.25, 0.3) is 15.9 Å². The zero-order valence-corrected chi connectivity index (χ0v) is 23.5. The number of thiophene rings is 1. The van der Waals surface area contributed by atoms with E-state index >= 15 is 0 Å². The van der Waals surface area contributed by atoms with Crippen molar-refractivity contribution >= 4 is 90.6 Å². The second-order valence-corrected chi connectivity index (χ2v) is 13.3. The van der Waals surface area contributed by atoms with E-state index in [-0.39, 0.29) is 13.6 Å².